The molecule has 0 spiro atoms. The number of carbonyl (C=O) groups is 1. The molecule has 2 rings (SSSR count). The van der Waals surface area contributed by atoms with E-state index in [1.807, 2.05) is 31.3 Å². The molecule has 8 heteroatoms. The van der Waals surface area contributed by atoms with E-state index in [1.165, 1.54) is 7.11 Å². The zero-order chi connectivity index (χ0) is 18.2. The van der Waals surface area contributed by atoms with Gasteiger partial charge in [0.15, 0.2) is 5.96 Å². The molecule has 1 aromatic carbocycles. The van der Waals surface area contributed by atoms with Gasteiger partial charge in [0.25, 0.3) is 0 Å². The highest BCUT2D eigenvalue weighted by molar-refractivity contribution is 14.0. The Morgan fingerprint density at radius 1 is 1.38 bits per heavy atom. The molecule has 1 amide bonds. The second-order valence-corrected chi connectivity index (χ2v) is 7.66. The van der Waals surface area contributed by atoms with Crippen LogP contribution in [0.2, 0.25) is 0 Å². The fraction of sp³-hybridized carbons (Fsp3) is 0.556. The molecule has 1 saturated heterocycles. The normalized spacial score (nSPS) is 17.5. The highest BCUT2D eigenvalue weighted by Gasteiger charge is 2.24. The van der Waals surface area contributed by atoms with Gasteiger partial charge in [0.05, 0.1) is 7.11 Å². The van der Waals surface area contributed by atoms with Crippen LogP contribution in [0, 0.1) is 5.92 Å². The molecule has 0 bridgehead atoms. The number of ether oxygens (including phenoxy) is 1. The van der Waals surface area contributed by atoms with Gasteiger partial charge in [-0.3, -0.25) is 10.3 Å². The van der Waals surface area contributed by atoms with Crippen LogP contribution >= 0.6 is 35.7 Å². The topological polar surface area (TPSA) is 66.0 Å². The molecule has 1 unspecified atom stereocenters. The first-order valence-electron chi connectivity index (χ1n) is 8.54. The van der Waals surface area contributed by atoms with Gasteiger partial charge in [0, 0.05) is 43.4 Å². The lowest BCUT2D eigenvalue weighted by molar-refractivity contribution is 0.187. The summed E-state index contributed by atoms with van der Waals surface area (Å²) in [5, 5.41) is 6.74. The van der Waals surface area contributed by atoms with Crippen LogP contribution in [0.25, 0.3) is 0 Å². The van der Waals surface area contributed by atoms with Crippen LogP contribution < -0.4 is 10.6 Å². The predicted octanol–water partition coefficient (Wildman–Crippen LogP) is 3.63. The summed E-state index contributed by atoms with van der Waals surface area (Å²) >= 11 is 2.06. The summed E-state index contributed by atoms with van der Waals surface area (Å²) < 4.78 is 4.59. The first-order valence-corrected chi connectivity index (χ1v) is 9.59. The highest BCUT2D eigenvalue weighted by Crippen LogP contribution is 2.24. The number of carbonyl (C=O) groups excluding carboxylic acids is 1. The molecule has 1 fully saturated rings. The number of rotatable bonds is 4. The van der Waals surface area contributed by atoms with E-state index in [0.29, 0.717) is 23.4 Å². The molecule has 0 saturated carbocycles. The number of amides is 1. The Morgan fingerprint density at radius 2 is 2.08 bits per heavy atom. The third-order valence-electron chi connectivity index (χ3n) is 4.18. The van der Waals surface area contributed by atoms with Crippen LogP contribution in [0.4, 0.5) is 10.5 Å². The summed E-state index contributed by atoms with van der Waals surface area (Å²) in [6, 6.07) is 7.69. The number of guanidine groups is 1. The first kappa shape index (κ1) is 22.9. The quantitative estimate of drug-likeness (QED) is 0.382. The Kier molecular flexibility index (Phi) is 10.1. The van der Waals surface area contributed by atoms with Crippen molar-refractivity contribution in [1.29, 1.82) is 0 Å². The molecule has 0 aliphatic carbocycles. The fourth-order valence-corrected chi connectivity index (χ4v) is 3.96. The van der Waals surface area contributed by atoms with Crippen molar-refractivity contribution >= 4 is 53.5 Å². The van der Waals surface area contributed by atoms with E-state index < -0.39 is 6.09 Å². The summed E-state index contributed by atoms with van der Waals surface area (Å²) in [6.07, 6.45) is -0.464. The maximum atomic E-state index is 11.2. The molecular weight excluding hydrogens is 463 g/mol. The molecule has 146 valence electrons. The molecule has 2 N–H and O–H groups in total. The largest absolute Gasteiger partial charge is 0.453 e. The molecular formula is C18H29IN4O2S. The van der Waals surface area contributed by atoms with Gasteiger partial charge in [-0.05, 0) is 23.6 Å². The minimum absolute atomic E-state index is 0. The summed E-state index contributed by atoms with van der Waals surface area (Å²) in [5.74, 6) is 2.75. The summed E-state index contributed by atoms with van der Waals surface area (Å²) in [4.78, 5) is 18.0. The first-order chi connectivity index (χ1) is 12.0. The van der Waals surface area contributed by atoms with Crippen LogP contribution in [0.15, 0.2) is 29.3 Å². The number of hydrogen-bond donors (Lipinski definition) is 2. The van der Waals surface area contributed by atoms with Crippen molar-refractivity contribution in [3.63, 3.8) is 0 Å². The monoisotopic (exact) mass is 492 g/mol. The summed E-state index contributed by atoms with van der Waals surface area (Å²) in [6.45, 7) is 7.31. The van der Waals surface area contributed by atoms with Crippen molar-refractivity contribution in [3.8, 4) is 0 Å². The minimum Gasteiger partial charge on any atom is -0.453 e. The Morgan fingerprint density at radius 3 is 2.65 bits per heavy atom. The zero-order valence-electron chi connectivity index (χ0n) is 15.8. The lowest BCUT2D eigenvalue weighted by Gasteiger charge is -2.36. The van der Waals surface area contributed by atoms with Gasteiger partial charge < -0.3 is 15.0 Å². The lowest BCUT2D eigenvalue weighted by Crippen LogP contribution is -2.48. The van der Waals surface area contributed by atoms with Gasteiger partial charge in [-0.2, -0.15) is 11.8 Å². The number of nitrogens with zero attached hydrogens (tertiary/aromatic N) is 2. The minimum atomic E-state index is -0.464. The second kappa shape index (κ2) is 11.5. The standard InChI is InChI=1S/C18H28N4O2S.HI/c1-13(2)16-12-22(9-10-25-16)17(19-3)20-11-14-5-7-15(8-6-14)21-18(23)24-4;/h5-8,13,16H,9-12H2,1-4H3,(H,19,20)(H,21,23);1H. The Labute approximate surface area is 177 Å². The molecule has 6 nitrogen and oxygen atoms in total. The van der Waals surface area contributed by atoms with E-state index in [-0.39, 0.29) is 24.0 Å². The second-order valence-electron chi connectivity index (χ2n) is 6.31. The van der Waals surface area contributed by atoms with E-state index in [0.717, 1.165) is 30.4 Å². The third-order valence-corrected chi connectivity index (χ3v) is 5.72. The number of thioether (sulfide) groups is 1. The lowest BCUT2D eigenvalue weighted by atomic mass is 10.1. The predicted molar refractivity (Wildman–Crippen MR) is 121 cm³/mol. The summed E-state index contributed by atoms with van der Waals surface area (Å²) in [7, 11) is 3.18. The smallest absolute Gasteiger partial charge is 0.411 e. The molecule has 1 atom stereocenters. The fourth-order valence-electron chi connectivity index (χ4n) is 2.66. The number of nitrogens with one attached hydrogen (secondary N) is 2. The van der Waals surface area contributed by atoms with Crippen molar-refractivity contribution < 1.29 is 9.53 Å². The molecule has 1 aliphatic rings. The van der Waals surface area contributed by atoms with Gasteiger partial charge in [-0.15, -0.1) is 24.0 Å². The molecule has 1 aromatic rings. The maximum absolute atomic E-state index is 11.2. The van der Waals surface area contributed by atoms with Crippen LogP contribution in [0.3, 0.4) is 0 Å². The maximum Gasteiger partial charge on any atom is 0.411 e. The van der Waals surface area contributed by atoms with Crippen LogP contribution in [-0.2, 0) is 11.3 Å². The van der Waals surface area contributed by atoms with E-state index in [1.54, 1.807) is 0 Å². The molecule has 1 aliphatic heterocycles. The average molecular weight is 492 g/mol. The Hall–Kier alpha value is -1.16. The Balaban J connectivity index is 0.00000338. The van der Waals surface area contributed by atoms with Gasteiger partial charge in [-0.25, -0.2) is 4.79 Å². The molecule has 26 heavy (non-hydrogen) atoms. The SMILES string of the molecule is CN=C(NCc1ccc(NC(=O)OC)cc1)N1CCSC(C(C)C)C1.I. The number of aliphatic imine (C=N–C) groups is 1. The van der Waals surface area contributed by atoms with Gasteiger partial charge in [-0.1, -0.05) is 26.0 Å². The van der Waals surface area contributed by atoms with E-state index >= 15 is 0 Å². The number of halogens is 1. The number of hydrogen-bond acceptors (Lipinski definition) is 4. The van der Waals surface area contributed by atoms with Gasteiger partial charge >= 0.3 is 6.09 Å². The number of anilines is 1. The van der Waals surface area contributed by atoms with Crippen LogP contribution in [-0.4, -0.2) is 55.2 Å². The van der Waals surface area contributed by atoms with Crippen LogP contribution in [0.1, 0.15) is 19.4 Å². The van der Waals surface area contributed by atoms with Crippen LogP contribution in [0.5, 0.6) is 0 Å². The van der Waals surface area contributed by atoms with E-state index in [4.69, 9.17) is 0 Å². The van der Waals surface area contributed by atoms with Crippen molar-refractivity contribution in [2.45, 2.75) is 25.6 Å². The molecule has 0 radical (unpaired) electrons. The highest BCUT2D eigenvalue weighted by atomic mass is 127. The number of benzene rings is 1. The van der Waals surface area contributed by atoms with E-state index in [2.05, 4.69) is 50.9 Å². The van der Waals surface area contributed by atoms with Crippen molar-refractivity contribution in [2.75, 3.05) is 38.3 Å². The van der Waals surface area contributed by atoms with Crippen molar-refractivity contribution in [2.24, 2.45) is 10.9 Å². The number of methoxy groups -OCH3 is 1. The van der Waals surface area contributed by atoms with Gasteiger partial charge in [0.2, 0.25) is 0 Å². The van der Waals surface area contributed by atoms with Crippen molar-refractivity contribution in [3.05, 3.63) is 29.8 Å². The Bertz CT molecular complexity index is 595. The van der Waals surface area contributed by atoms with E-state index in [9.17, 15) is 4.79 Å². The average Bonchev–Trinajstić information content (AvgIpc) is 2.63. The zero-order valence-corrected chi connectivity index (χ0v) is 19.0. The molecule has 0 aromatic heterocycles. The van der Waals surface area contributed by atoms with Gasteiger partial charge in [0.1, 0.15) is 0 Å². The van der Waals surface area contributed by atoms with Crippen molar-refractivity contribution in [1.82, 2.24) is 10.2 Å². The molecule has 1 heterocycles. The summed E-state index contributed by atoms with van der Waals surface area (Å²) in [5.41, 5.74) is 1.84. The third kappa shape index (κ3) is 6.86.